The molecular formula is C19H22N2O5S. The summed E-state index contributed by atoms with van der Waals surface area (Å²) in [7, 11) is -0.759. The van der Waals surface area contributed by atoms with Crippen molar-refractivity contribution in [3.05, 3.63) is 60.2 Å². The first kappa shape index (κ1) is 20.4. The second-order valence-corrected chi connectivity index (χ2v) is 7.76. The van der Waals surface area contributed by atoms with Gasteiger partial charge in [0, 0.05) is 20.6 Å². The van der Waals surface area contributed by atoms with Crippen LogP contribution in [0.3, 0.4) is 0 Å². The summed E-state index contributed by atoms with van der Waals surface area (Å²) in [5.74, 6) is -1.13. The maximum absolute atomic E-state index is 13.0. The number of carbonyl (C=O) groups is 2. The summed E-state index contributed by atoms with van der Waals surface area (Å²) in [6.45, 7) is 1.56. The monoisotopic (exact) mass is 390 g/mol. The van der Waals surface area contributed by atoms with E-state index in [0.717, 1.165) is 0 Å². The maximum Gasteiger partial charge on any atom is 0.338 e. The van der Waals surface area contributed by atoms with Gasteiger partial charge in [-0.25, -0.2) is 13.2 Å². The molecule has 0 spiro atoms. The largest absolute Gasteiger partial charge is 0.452 e. The van der Waals surface area contributed by atoms with Gasteiger partial charge in [0.15, 0.2) is 6.61 Å². The van der Waals surface area contributed by atoms with Crippen LogP contribution in [0, 0.1) is 0 Å². The normalized spacial score (nSPS) is 10.9. The van der Waals surface area contributed by atoms with E-state index >= 15 is 0 Å². The van der Waals surface area contributed by atoms with E-state index < -0.39 is 22.6 Å². The van der Waals surface area contributed by atoms with Crippen LogP contribution in [0.5, 0.6) is 0 Å². The Hall–Kier alpha value is -2.87. The minimum atomic E-state index is -3.85. The van der Waals surface area contributed by atoms with Gasteiger partial charge in [-0.2, -0.15) is 0 Å². The first-order valence-corrected chi connectivity index (χ1v) is 9.76. The lowest BCUT2D eigenvalue weighted by Crippen LogP contribution is -2.31. The van der Waals surface area contributed by atoms with Crippen LogP contribution in [0.4, 0.5) is 5.69 Å². The summed E-state index contributed by atoms with van der Waals surface area (Å²) in [6.07, 6.45) is 0. The molecule has 0 aromatic heterocycles. The summed E-state index contributed by atoms with van der Waals surface area (Å²) < 4.78 is 32.2. The summed E-state index contributed by atoms with van der Waals surface area (Å²) >= 11 is 0. The van der Waals surface area contributed by atoms with Crippen molar-refractivity contribution in [3.8, 4) is 0 Å². The number of amides is 1. The van der Waals surface area contributed by atoms with Crippen molar-refractivity contribution < 1.29 is 22.7 Å². The van der Waals surface area contributed by atoms with Crippen LogP contribution in [-0.4, -0.2) is 52.4 Å². The number of hydrogen-bond donors (Lipinski definition) is 0. The highest BCUT2D eigenvalue weighted by Gasteiger charge is 2.24. The SMILES string of the molecule is CCN(c1ccccc1)S(=O)(=O)c1cccc(C(=O)OCC(=O)N(C)C)c1. The predicted octanol–water partition coefficient (Wildman–Crippen LogP) is 2.15. The fourth-order valence-corrected chi connectivity index (χ4v) is 3.86. The van der Waals surface area contributed by atoms with Crippen LogP contribution in [0.1, 0.15) is 17.3 Å². The van der Waals surface area contributed by atoms with Crippen LogP contribution in [0.25, 0.3) is 0 Å². The molecule has 2 aromatic rings. The zero-order chi connectivity index (χ0) is 20.0. The molecule has 0 N–H and O–H groups in total. The molecule has 0 radical (unpaired) electrons. The van der Waals surface area contributed by atoms with Crippen molar-refractivity contribution >= 4 is 27.6 Å². The first-order chi connectivity index (χ1) is 12.8. The molecule has 2 rings (SSSR count). The second-order valence-electron chi connectivity index (χ2n) is 5.90. The van der Waals surface area contributed by atoms with E-state index in [1.54, 1.807) is 51.4 Å². The van der Waals surface area contributed by atoms with Crippen molar-refractivity contribution in [3.63, 3.8) is 0 Å². The molecule has 8 heteroatoms. The van der Waals surface area contributed by atoms with Gasteiger partial charge in [0.05, 0.1) is 16.1 Å². The second kappa shape index (κ2) is 8.68. The van der Waals surface area contributed by atoms with Gasteiger partial charge >= 0.3 is 5.97 Å². The number of esters is 1. The Morgan fingerprint density at radius 2 is 1.67 bits per heavy atom. The summed E-state index contributed by atoms with van der Waals surface area (Å²) in [4.78, 5) is 25.0. The third-order valence-electron chi connectivity index (χ3n) is 3.81. The number of hydrogen-bond acceptors (Lipinski definition) is 5. The molecule has 0 aliphatic heterocycles. The van der Waals surface area contributed by atoms with Crippen LogP contribution in [0.15, 0.2) is 59.5 Å². The van der Waals surface area contributed by atoms with Crippen molar-refractivity contribution in [1.82, 2.24) is 4.90 Å². The van der Waals surface area contributed by atoms with Crippen LogP contribution in [0.2, 0.25) is 0 Å². The Labute approximate surface area is 159 Å². The highest BCUT2D eigenvalue weighted by molar-refractivity contribution is 7.92. The van der Waals surface area contributed by atoms with E-state index in [4.69, 9.17) is 4.74 Å². The maximum atomic E-state index is 13.0. The minimum Gasteiger partial charge on any atom is -0.452 e. The van der Waals surface area contributed by atoms with E-state index in [1.165, 1.54) is 33.5 Å². The zero-order valence-corrected chi connectivity index (χ0v) is 16.3. The number of nitrogens with zero attached hydrogens (tertiary/aromatic N) is 2. The topological polar surface area (TPSA) is 84.0 Å². The molecule has 144 valence electrons. The first-order valence-electron chi connectivity index (χ1n) is 8.32. The Bertz CT molecular complexity index is 911. The lowest BCUT2D eigenvalue weighted by atomic mass is 10.2. The molecule has 0 aliphatic rings. The summed E-state index contributed by atoms with van der Waals surface area (Å²) in [5.41, 5.74) is 0.594. The molecule has 0 fully saturated rings. The Morgan fingerprint density at radius 3 is 2.26 bits per heavy atom. The number of carbonyl (C=O) groups excluding carboxylic acids is 2. The van der Waals surface area contributed by atoms with Gasteiger partial charge < -0.3 is 9.64 Å². The van der Waals surface area contributed by atoms with E-state index in [1.807, 2.05) is 0 Å². The number of anilines is 1. The number of likely N-dealkylation sites (N-methyl/N-ethyl adjacent to an activating group) is 1. The van der Waals surface area contributed by atoms with Gasteiger partial charge in [0.1, 0.15) is 0 Å². The average Bonchev–Trinajstić information content (AvgIpc) is 2.67. The Balaban J connectivity index is 2.27. The van der Waals surface area contributed by atoms with Crippen molar-refractivity contribution in [1.29, 1.82) is 0 Å². The molecule has 2 aromatic carbocycles. The van der Waals surface area contributed by atoms with E-state index in [2.05, 4.69) is 0 Å². The molecule has 27 heavy (non-hydrogen) atoms. The van der Waals surface area contributed by atoms with Crippen molar-refractivity contribution in [2.45, 2.75) is 11.8 Å². The molecule has 0 atom stereocenters. The van der Waals surface area contributed by atoms with Gasteiger partial charge in [-0.15, -0.1) is 0 Å². The third-order valence-corrected chi connectivity index (χ3v) is 5.71. The number of sulfonamides is 1. The van der Waals surface area contributed by atoms with Crippen LogP contribution >= 0.6 is 0 Å². The fraction of sp³-hybridized carbons (Fsp3) is 0.263. The van der Waals surface area contributed by atoms with Crippen molar-refractivity contribution in [2.24, 2.45) is 0 Å². The van der Waals surface area contributed by atoms with E-state index in [-0.39, 0.29) is 22.9 Å². The van der Waals surface area contributed by atoms with Crippen molar-refractivity contribution in [2.75, 3.05) is 31.6 Å². The third kappa shape index (κ3) is 4.85. The smallest absolute Gasteiger partial charge is 0.338 e. The highest BCUT2D eigenvalue weighted by atomic mass is 32.2. The number of ether oxygens (including phenoxy) is 1. The molecular weight excluding hydrogens is 368 g/mol. The highest BCUT2D eigenvalue weighted by Crippen LogP contribution is 2.24. The quantitative estimate of drug-likeness (QED) is 0.677. The number of benzene rings is 2. The van der Waals surface area contributed by atoms with E-state index in [0.29, 0.717) is 5.69 Å². The average molecular weight is 390 g/mol. The van der Waals surface area contributed by atoms with Gasteiger partial charge in [0.25, 0.3) is 15.9 Å². The Kier molecular flexibility index (Phi) is 6.57. The standard InChI is InChI=1S/C19H22N2O5S/c1-4-21(16-10-6-5-7-11-16)27(24,25)17-12-8-9-15(13-17)19(23)26-14-18(22)20(2)3/h5-13H,4,14H2,1-3H3. The van der Waals surface area contributed by atoms with Gasteiger partial charge in [-0.1, -0.05) is 24.3 Å². The van der Waals surface area contributed by atoms with Crippen LogP contribution in [-0.2, 0) is 19.6 Å². The van der Waals surface area contributed by atoms with Gasteiger partial charge in [0.2, 0.25) is 0 Å². The molecule has 7 nitrogen and oxygen atoms in total. The van der Waals surface area contributed by atoms with Crippen LogP contribution < -0.4 is 4.31 Å². The Morgan fingerprint density at radius 1 is 1.00 bits per heavy atom. The van der Waals surface area contributed by atoms with Gasteiger partial charge in [-0.3, -0.25) is 9.10 Å². The number of para-hydroxylation sites is 1. The fourth-order valence-electron chi connectivity index (χ4n) is 2.34. The summed E-state index contributed by atoms with van der Waals surface area (Å²) in [6, 6.07) is 14.3. The molecule has 0 bridgehead atoms. The summed E-state index contributed by atoms with van der Waals surface area (Å²) in [5, 5.41) is 0. The van der Waals surface area contributed by atoms with E-state index in [9.17, 15) is 18.0 Å². The predicted molar refractivity (Wildman–Crippen MR) is 102 cm³/mol. The zero-order valence-electron chi connectivity index (χ0n) is 15.5. The van der Waals surface area contributed by atoms with Gasteiger partial charge in [-0.05, 0) is 37.3 Å². The molecule has 0 saturated carbocycles. The minimum absolute atomic E-state index is 0.0263. The molecule has 0 unspecified atom stereocenters. The lowest BCUT2D eigenvalue weighted by molar-refractivity contribution is -0.131. The molecule has 0 heterocycles. The molecule has 0 saturated heterocycles. The lowest BCUT2D eigenvalue weighted by Gasteiger charge is -2.23. The molecule has 1 amide bonds. The number of rotatable bonds is 7. The molecule has 0 aliphatic carbocycles.